The third-order valence-corrected chi connectivity index (χ3v) is 5.13. The second-order valence-electron chi connectivity index (χ2n) is 5.80. The van der Waals surface area contributed by atoms with Gasteiger partial charge >= 0.3 is 5.97 Å². The predicted octanol–water partition coefficient (Wildman–Crippen LogP) is 5.01. The van der Waals surface area contributed by atoms with Gasteiger partial charge in [-0.25, -0.2) is 4.79 Å². The molecule has 2 rings (SSSR count). The van der Waals surface area contributed by atoms with E-state index in [-0.39, 0.29) is 27.5 Å². The number of allylic oxidation sites excluding steroid dienone is 2. The first kappa shape index (κ1) is 18.8. The molecule has 0 aromatic heterocycles. The van der Waals surface area contributed by atoms with Crippen LogP contribution in [0.2, 0.25) is 10.0 Å². The van der Waals surface area contributed by atoms with Crippen molar-refractivity contribution in [2.24, 2.45) is 5.92 Å². The van der Waals surface area contributed by atoms with Crippen LogP contribution in [0.3, 0.4) is 0 Å². The quantitative estimate of drug-likeness (QED) is 0.764. The van der Waals surface area contributed by atoms with Gasteiger partial charge in [-0.3, -0.25) is 4.79 Å². The van der Waals surface area contributed by atoms with E-state index in [0.29, 0.717) is 18.4 Å². The van der Waals surface area contributed by atoms with Gasteiger partial charge in [0.15, 0.2) is 11.9 Å². The van der Waals surface area contributed by atoms with Crippen molar-refractivity contribution in [1.29, 1.82) is 0 Å². The predicted molar refractivity (Wildman–Crippen MR) is 94.8 cm³/mol. The molecule has 1 N–H and O–H groups in total. The van der Waals surface area contributed by atoms with E-state index in [1.807, 2.05) is 0 Å². The molecule has 2 unspecified atom stereocenters. The molecule has 130 valence electrons. The Morgan fingerprint density at radius 3 is 2.62 bits per heavy atom. The highest BCUT2D eigenvalue weighted by atomic mass is 35.5. The average molecular weight is 371 g/mol. The molecule has 0 bridgehead atoms. The molecule has 0 saturated carbocycles. The molecule has 1 aliphatic carbocycles. The minimum atomic E-state index is -1.06. The Balaban J connectivity index is 2.39. The standard InChI is InChI=1S/C18H20Cl2O4/c1-3-10-5-6-11(21)9-13(10)12-7-8-15(17(20)16(12)19)24-14(4-2)18(22)23/h7-10,14H,3-6H2,1-2H3,(H,22,23). The van der Waals surface area contributed by atoms with Gasteiger partial charge in [-0.1, -0.05) is 37.0 Å². The number of carboxylic acids is 1. The molecule has 1 aromatic rings. The molecular weight excluding hydrogens is 351 g/mol. The minimum absolute atomic E-state index is 0.0825. The highest BCUT2D eigenvalue weighted by Crippen LogP contribution is 2.42. The largest absolute Gasteiger partial charge is 0.479 e. The lowest BCUT2D eigenvalue weighted by Crippen LogP contribution is -2.26. The zero-order valence-corrected chi connectivity index (χ0v) is 15.2. The number of carbonyl (C=O) groups excluding carboxylic acids is 1. The van der Waals surface area contributed by atoms with E-state index in [1.54, 1.807) is 25.1 Å². The van der Waals surface area contributed by atoms with E-state index >= 15 is 0 Å². The van der Waals surface area contributed by atoms with Gasteiger partial charge < -0.3 is 9.84 Å². The van der Waals surface area contributed by atoms with E-state index in [2.05, 4.69) is 6.92 Å². The summed E-state index contributed by atoms with van der Waals surface area (Å²) in [6.07, 6.45) is 3.21. The lowest BCUT2D eigenvalue weighted by atomic mass is 9.81. The summed E-state index contributed by atoms with van der Waals surface area (Å²) in [5, 5.41) is 9.56. The molecule has 0 aliphatic heterocycles. The van der Waals surface area contributed by atoms with Gasteiger partial charge in [0.25, 0.3) is 0 Å². The number of benzene rings is 1. The van der Waals surface area contributed by atoms with Crippen LogP contribution in [0.1, 0.15) is 45.1 Å². The fourth-order valence-electron chi connectivity index (χ4n) is 2.86. The van der Waals surface area contributed by atoms with E-state index in [4.69, 9.17) is 33.0 Å². The summed E-state index contributed by atoms with van der Waals surface area (Å²) < 4.78 is 5.45. The normalized spacial score (nSPS) is 18.9. The van der Waals surface area contributed by atoms with Gasteiger partial charge in [0.1, 0.15) is 10.8 Å². The fourth-order valence-corrected chi connectivity index (χ4v) is 3.34. The van der Waals surface area contributed by atoms with Gasteiger partial charge in [-0.15, -0.1) is 0 Å². The van der Waals surface area contributed by atoms with Crippen LogP contribution in [0.15, 0.2) is 18.2 Å². The number of halogens is 2. The second kappa shape index (κ2) is 8.04. The molecule has 1 aromatic carbocycles. The molecule has 0 saturated heterocycles. The first-order valence-corrected chi connectivity index (χ1v) is 8.76. The summed E-state index contributed by atoms with van der Waals surface area (Å²) in [4.78, 5) is 22.9. The highest BCUT2D eigenvalue weighted by Gasteiger charge is 2.25. The zero-order valence-electron chi connectivity index (χ0n) is 13.6. The summed E-state index contributed by atoms with van der Waals surface area (Å²) in [5.41, 5.74) is 1.59. The number of carbonyl (C=O) groups is 2. The van der Waals surface area contributed by atoms with Crippen molar-refractivity contribution in [3.63, 3.8) is 0 Å². The maximum atomic E-state index is 11.8. The molecular formula is C18H20Cl2O4. The number of ketones is 1. The summed E-state index contributed by atoms with van der Waals surface area (Å²) in [6.45, 7) is 3.78. The van der Waals surface area contributed by atoms with Gasteiger partial charge in [-0.05, 0) is 54.5 Å². The van der Waals surface area contributed by atoms with Crippen LogP contribution in [0.5, 0.6) is 5.75 Å². The van der Waals surface area contributed by atoms with Gasteiger partial charge in [0.2, 0.25) is 0 Å². The lowest BCUT2D eigenvalue weighted by molar-refractivity contribution is -0.145. The number of aliphatic carboxylic acids is 1. The third-order valence-electron chi connectivity index (χ3n) is 4.26. The molecule has 0 heterocycles. The van der Waals surface area contributed by atoms with Gasteiger partial charge in [-0.2, -0.15) is 0 Å². The van der Waals surface area contributed by atoms with E-state index < -0.39 is 12.1 Å². The summed E-state index contributed by atoms with van der Waals surface area (Å²) in [7, 11) is 0. The van der Waals surface area contributed by atoms with Crippen LogP contribution in [0, 0.1) is 5.92 Å². The van der Waals surface area contributed by atoms with Crippen LogP contribution in [-0.4, -0.2) is 23.0 Å². The summed E-state index contributed by atoms with van der Waals surface area (Å²) in [6, 6.07) is 3.35. The molecule has 2 atom stereocenters. The number of rotatable bonds is 6. The zero-order chi connectivity index (χ0) is 17.9. The van der Waals surface area contributed by atoms with Gasteiger partial charge in [0, 0.05) is 6.42 Å². The van der Waals surface area contributed by atoms with Crippen LogP contribution in [-0.2, 0) is 9.59 Å². The average Bonchev–Trinajstić information content (AvgIpc) is 2.56. The first-order valence-electron chi connectivity index (χ1n) is 8.01. The Kier molecular flexibility index (Phi) is 6.30. The Hall–Kier alpha value is -1.52. The van der Waals surface area contributed by atoms with Crippen LogP contribution in [0.4, 0.5) is 0 Å². The van der Waals surface area contributed by atoms with E-state index in [9.17, 15) is 9.59 Å². The minimum Gasteiger partial charge on any atom is -0.479 e. The maximum absolute atomic E-state index is 11.8. The molecule has 0 radical (unpaired) electrons. The Bertz CT molecular complexity index is 682. The smallest absolute Gasteiger partial charge is 0.344 e. The molecule has 1 aliphatic rings. The number of hydrogen-bond acceptors (Lipinski definition) is 3. The number of carboxylic acid groups (broad SMARTS) is 1. The van der Waals surface area contributed by atoms with Crippen molar-refractivity contribution in [3.8, 4) is 5.75 Å². The molecule has 4 nitrogen and oxygen atoms in total. The van der Waals surface area contributed by atoms with Crippen molar-refractivity contribution in [3.05, 3.63) is 33.8 Å². The van der Waals surface area contributed by atoms with E-state index in [0.717, 1.165) is 18.4 Å². The number of hydrogen-bond donors (Lipinski definition) is 1. The van der Waals surface area contributed by atoms with Crippen LogP contribution in [0.25, 0.3) is 5.57 Å². The van der Waals surface area contributed by atoms with Crippen molar-refractivity contribution in [2.45, 2.75) is 45.6 Å². The number of ether oxygens (including phenoxy) is 1. The molecule has 0 spiro atoms. The summed E-state index contributed by atoms with van der Waals surface area (Å²) >= 11 is 12.7. The third kappa shape index (κ3) is 3.93. The maximum Gasteiger partial charge on any atom is 0.344 e. The Labute approximate surface area is 151 Å². The van der Waals surface area contributed by atoms with Crippen molar-refractivity contribution >= 4 is 40.5 Å². The van der Waals surface area contributed by atoms with Crippen molar-refractivity contribution < 1.29 is 19.4 Å². The Morgan fingerprint density at radius 1 is 1.33 bits per heavy atom. The second-order valence-corrected chi connectivity index (χ2v) is 6.56. The van der Waals surface area contributed by atoms with Crippen LogP contribution < -0.4 is 4.74 Å². The van der Waals surface area contributed by atoms with E-state index in [1.165, 1.54) is 0 Å². The fraction of sp³-hybridized carbons (Fsp3) is 0.444. The molecule has 6 heteroatoms. The molecule has 24 heavy (non-hydrogen) atoms. The van der Waals surface area contributed by atoms with Crippen LogP contribution >= 0.6 is 23.2 Å². The Morgan fingerprint density at radius 2 is 2.04 bits per heavy atom. The highest BCUT2D eigenvalue weighted by molar-refractivity contribution is 6.44. The monoisotopic (exact) mass is 370 g/mol. The lowest BCUT2D eigenvalue weighted by Gasteiger charge is -2.24. The first-order chi connectivity index (χ1) is 11.4. The topological polar surface area (TPSA) is 63.6 Å². The molecule has 0 fully saturated rings. The van der Waals surface area contributed by atoms with Gasteiger partial charge in [0.05, 0.1) is 5.02 Å². The summed E-state index contributed by atoms with van der Waals surface area (Å²) in [5.74, 6) is -0.486. The molecule has 0 amide bonds. The SMILES string of the molecule is CCC1CCC(=O)C=C1c1ccc(OC(CC)C(=O)O)c(Cl)c1Cl. The van der Waals surface area contributed by atoms with Crippen molar-refractivity contribution in [1.82, 2.24) is 0 Å². The van der Waals surface area contributed by atoms with Crippen molar-refractivity contribution in [2.75, 3.05) is 0 Å².